The van der Waals surface area contributed by atoms with Gasteiger partial charge in [-0.05, 0) is 38.5 Å². The molecule has 0 bridgehead atoms. The number of nitrogens with one attached hydrogen (secondary N) is 1. The number of carboxylic acid groups (broad SMARTS) is 1. The first kappa shape index (κ1) is 16.8. The molecule has 2 amide bonds. The Labute approximate surface area is 120 Å². The standard InChI is InChI=1S/C14H26N2O4/c1-3-11-7-4-5-9-16(11)14(19)15-12(13(17)18)8-6-10-20-2/h11-12H,3-10H2,1-2H3,(H,15,19)(H,17,18). The van der Waals surface area contributed by atoms with Gasteiger partial charge in [-0.1, -0.05) is 6.92 Å². The molecule has 0 aromatic carbocycles. The van der Waals surface area contributed by atoms with Crippen molar-refractivity contribution in [3.05, 3.63) is 0 Å². The highest BCUT2D eigenvalue weighted by Gasteiger charge is 2.28. The van der Waals surface area contributed by atoms with E-state index in [0.29, 0.717) is 19.4 Å². The number of rotatable bonds is 7. The zero-order chi connectivity index (χ0) is 15.0. The molecule has 0 aliphatic carbocycles. The van der Waals surface area contributed by atoms with E-state index in [-0.39, 0.29) is 12.1 Å². The van der Waals surface area contributed by atoms with Gasteiger partial charge in [0.2, 0.25) is 0 Å². The maximum Gasteiger partial charge on any atom is 0.326 e. The van der Waals surface area contributed by atoms with Crippen molar-refractivity contribution < 1.29 is 19.4 Å². The van der Waals surface area contributed by atoms with Crippen LogP contribution in [0.1, 0.15) is 45.4 Å². The van der Waals surface area contributed by atoms with Crippen LogP contribution in [0.15, 0.2) is 0 Å². The number of piperidine rings is 1. The van der Waals surface area contributed by atoms with E-state index >= 15 is 0 Å². The second-order valence-corrected chi connectivity index (χ2v) is 5.23. The molecular formula is C14H26N2O4. The van der Waals surface area contributed by atoms with Crippen LogP contribution in [0.5, 0.6) is 0 Å². The van der Waals surface area contributed by atoms with Crippen LogP contribution in [-0.4, -0.2) is 54.4 Å². The predicted molar refractivity (Wildman–Crippen MR) is 75.7 cm³/mol. The van der Waals surface area contributed by atoms with Gasteiger partial charge in [0.25, 0.3) is 0 Å². The molecule has 1 saturated heterocycles. The molecule has 1 heterocycles. The lowest BCUT2D eigenvalue weighted by atomic mass is 10.0. The van der Waals surface area contributed by atoms with Gasteiger partial charge in [0.15, 0.2) is 0 Å². The number of urea groups is 1. The van der Waals surface area contributed by atoms with E-state index in [1.165, 1.54) is 0 Å². The number of likely N-dealkylation sites (tertiary alicyclic amines) is 1. The Morgan fingerprint density at radius 2 is 2.20 bits per heavy atom. The highest BCUT2D eigenvalue weighted by Crippen LogP contribution is 2.19. The van der Waals surface area contributed by atoms with Crippen molar-refractivity contribution in [2.75, 3.05) is 20.3 Å². The third kappa shape index (κ3) is 5.00. The first-order chi connectivity index (χ1) is 9.60. The van der Waals surface area contributed by atoms with Crippen LogP contribution in [0, 0.1) is 0 Å². The van der Waals surface area contributed by atoms with Crippen molar-refractivity contribution in [2.45, 2.75) is 57.5 Å². The van der Waals surface area contributed by atoms with Gasteiger partial charge in [0, 0.05) is 26.3 Å². The molecule has 2 atom stereocenters. The van der Waals surface area contributed by atoms with Gasteiger partial charge in [-0.3, -0.25) is 0 Å². The largest absolute Gasteiger partial charge is 0.480 e. The first-order valence-electron chi connectivity index (χ1n) is 7.39. The maximum absolute atomic E-state index is 12.2. The SMILES string of the molecule is CCC1CCCCN1C(=O)NC(CCCOC)C(=O)O. The smallest absolute Gasteiger partial charge is 0.326 e. The van der Waals surface area contributed by atoms with Crippen molar-refractivity contribution in [1.29, 1.82) is 0 Å². The monoisotopic (exact) mass is 286 g/mol. The molecule has 1 aliphatic rings. The number of amides is 2. The van der Waals surface area contributed by atoms with Gasteiger partial charge < -0.3 is 20.1 Å². The minimum Gasteiger partial charge on any atom is -0.480 e. The fourth-order valence-corrected chi connectivity index (χ4v) is 2.61. The van der Waals surface area contributed by atoms with E-state index < -0.39 is 12.0 Å². The number of nitrogens with zero attached hydrogens (tertiary/aromatic N) is 1. The van der Waals surface area contributed by atoms with Crippen molar-refractivity contribution in [2.24, 2.45) is 0 Å². The molecule has 6 nitrogen and oxygen atoms in total. The molecule has 1 aliphatic heterocycles. The van der Waals surface area contributed by atoms with E-state index in [4.69, 9.17) is 9.84 Å². The van der Waals surface area contributed by atoms with Crippen molar-refractivity contribution >= 4 is 12.0 Å². The molecule has 2 N–H and O–H groups in total. The number of ether oxygens (including phenoxy) is 1. The van der Waals surface area contributed by atoms with Gasteiger partial charge in [-0.2, -0.15) is 0 Å². The summed E-state index contributed by atoms with van der Waals surface area (Å²) in [6.07, 6.45) is 5.05. The van der Waals surface area contributed by atoms with Crippen LogP contribution in [0.3, 0.4) is 0 Å². The van der Waals surface area contributed by atoms with E-state index in [1.807, 2.05) is 0 Å². The Kier molecular flexibility index (Phi) is 7.36. The van der Waals surface area contributed by atoms with Gasteiger partial charge in [-0.15, -0.1) is 0 Å². The topological polar surface area (TPSA) is 78.9 Å². The minimum absolute atomic E-state index is 0.233. The Bertz CT molecular complexity index is 322. The van der Waals surface area contributed by atoms with Crippen LogP contribution in [0.2, 0.25) is 0 Å². The average molecular weight is 286 g/mol. The molecule has 116 valence electrons. The zero-order valence-corrected chi connectivity index (χ0v) is 12.4. The number of hydrogen-bond donors (Lipinski definition) is 2. The summed E-state index contributed by atoms with van der Waals surface area (Å²) in [5.41, 5.74) is 0. The molecule has 2 unspecified atom stereocenters. The minimum atomic E-state index is -0.987. The van der Waals surface area contributed by atoms with Crippen LogP contribution >= 0.6 is 0 Å². The molecular weight excluding hydrogens is 260 g/mol. The number of carboxylic acids is 1. The third-order valence-corrected chi connectivity index (χ3v) is 3.80. The summed E-state index contributed by atoms with van der Waals surface area (Å²) >= 11 is 0. The number of carbonyl (C=O) groups is 2. The van der Waals surface area contributed by atoms with Crippen molar-refractivity contribution in [1.82, 2.24) is 10.2 Å². The summed E-state index contributed by atoms with van der Waals surface area (Å²) in [7, 11) is 1.58. The lowest BCUT2D eigenvalue weighted by molar-refractivity contribution is -0.139. The van der Waals surface area contributed by atoms with Crippen LogP contribution in [0.25, 0.3) is 0 Å². The Morgan fingerprint density at radius 3 is 2.80 bits per heavy atom. The average Bonchev–Trinajstić information content (AvgIpc) is 2.46. The molecule has 0 aromatic rings. The lowest BCUT2D eigenvalue weighted by Gasteiger charge is -2.35. The predicted octanol–water partition coefficient (Wildman–Crippen LogP) is 1.84. The number of carbonyl (C=O) groups excluding carboxylic acids is 1. The summed E-state index contributed by atoms with van der Waals surface area (Å²) in [5, 5.41) is 11.8. The summed E-state index contributed by atoms with van der Waals surface area (Å²) in [6.45, 7) is 3.28. The molecule has 0 radical (unpaired) electrons. The summed E-state index contributed by atoms with van der Waals surface area (Å²) in [5.74, 6) is -0.987. The van der Waals surface area contributed by atoms with Crippen molar-refractivity contribution in [3.63, 3.8) is 0 Å². The summed E-state index contributed by atoms with van der Waals surface area (Å²) in [4.78, 5) is 25.2. The highest BCUT2D eigenvalue weighted by atomic mass is 16.5. The molecule has 1 fully saturated rings. The number of methoxy groups -OCH3 is 1. The van der Waals surface area contributed by atoms with Crippen LogP contribution in [-0.2, 0) is 9.53 Å². The van der Waals surface area contributed by atoms with Crippen LogP contribution < -0.4 is 5.32 Å². The fraction of sp³-hybridized carbons (Fsp3) is 0.857. The third-order valence-electron chi connectivity index (χ3n) is 3.80. The zero-order valence-electron chi connectivity index (χ0n) is 12.4. The Balaban J connectivity index is 2.53. The molecule has 0 aromatic heterocycles. The summed E-state index contributed by atoms with van der Waals surface area (Å²) < 4.78 is 4.91. The molecule has 6 heteroatoms. The Morgan fingerprint density at radius 1 is 1.45 bits per heavy atom. The Hall–Kier alpha value is -1.30. The first-order valence-corrected chi connectivity index (χ1v) is 7.39. The molecule has 0 spiro atoms. The van der Waals surface area contributed by atoms with Crippen molar-refractivity contribution in [3.8, 4) is 0 Å². The van der Waals surface area contributed by atoms with E-state index in [1.54, 1.807) is 12.0 Å². The quantitative estimate of drug-likeness (QED) is 0.700. The number of aliphatic carboxylic acids is 1. The second kappa shape index (κ2) is 8.79. The van der Waals surface area contributed by atoms with Gasteiger partial charge >= 0.3 is 12.0 Å². The van der Waals surface area contributed by atoms with E-state index in [0.717, 1.165) is 32.2 Å². The van der Waals surface area contributed by atoms with E-state index in [2.05, 4.69) is 12.2 Å². The normalized spacial score (nSPS) is 20.5. The van der Waals surface area contributed by atoms with Crippen LogP contribution in [0.4, 0.5) is 4.79 Å². The van der Waals surface area contributed by atoms with Gasteiger partial charge in [0.05, 0.1) is 0 Å². The molecule has 0 saturated carbocycles. The lowest BCUT2D eigenvalue weighted by Crippen LogP contribution is -2.52. The number of hydrogen-bond acceptors (Lipinski definition) is 3. The fourth-order valence-electron chi connectivity index (χ4n) is 2.61. The highest BCUT2D eigenvalue weighted by molar-refractivity contribution is 5.82. The maximum atomic E-state index is 12.2. The van der Waals surface area contributed by atoms with Gasteiger partial charge in [0.1, 0.15) is 6.04 Å². The van der Waals surface area contributed by atoms with E-state index in [9.17, 15) is 9.59 Å². The van der Waals surface area contributed by atoms with Gasteiger partial charge in [-0.25, -0.2) is 9.59 Å². The summed E-state index contributed by atoms with van der Waals surface area (Å²) in [6, 6.07) is -0.851. The molecule has 20 heavy (non-hydrogen) atoms. The second-order valence-electron chi connectivity index (χ2n) is 5.23. The molecule has 1 rings (SSSR count).